The summed E-state index contributed by atoms with van der Waals surface area (Å²) in [5.74, 6) is 1.92. The Kier molecular flexibility index (Phi) is 5.42. The van der Waals surface area contributed by atoms with E-state index >= 15 is 0 Å². The number of carbonyl (C=O) groups excluding carboxylic acids is 2. The third-order valence-corrected chi connectivity index (χ3v) is 5.88. The molecule has 29 heavy (non-hydrogen) atoms. The van der Waals surface area contributed by atoms with E-state index in [9.17, 15) is 9.59 Å². The molecule has 0 radical (unpaired) electrons. The van der Waals surface area contributed by atoms with E-state index in [0.29, 0.717) is 68.0 Å². The molecule has 8 nitrogen and oxygen atoms in total. The van der Waals surface area contributed by atoms with Gasteiger partial charge in [-0.25, -0.2) is 0 Å². The SMILES string of the molecule is COc1ccc(OC)c(C(=O)N2C[C@H]3CN(C(=O)CCn4cccn4)C[C@H]3C2)c1. The maximum absolute atomic E-state index is 13.1. The highest BCUT2D eigenvalue weighted by molar-refractivity contribution is 5.97. The number of benzene rings is 1. The van der Waals surface area contributed by atoms with Crippen molar-refractivity contribution in [2.75, 3.05) is 40.4 Å². The number of hydrogen-bond donors (Lipinski definition) is 0. The van der Waals surface area contributed by atoms with Crippen LogP contribution in [0.1, 0.15) is 16.8 Å². The van der Waals surface area contributed by atoms with Crippen LogP contribution in [0.3, 0.4) is 0 Å². The first kappa shape index (κ1) is 19.3. The van der Waals surface area contributed by atoms with Crippen molar-refractivity contribution in [2.24, 2.45) is 11.8 Å². The molecular formula is C21H26N4O4. The van der Waals surface area contributed by atoms with E-state index in [1.165, 1.54) is 0 Å². The highest BCUT2D eigenvalue weighted by Crippen LogP contribution is 2.34. The number of aromatic nitrogens is 2. The molecular weight excluding hydrogens is 372 g/mol. The van der Waals surface area contributed by atoms with E-state index in [1.54, 1.807) is 43.3 Å². The second-order valence-electron chi connectivity index (χ2n) is 7.61. The summed E-state index contributed by atoms with van der Waals surface area (Å²) in [6, 6.07) is 7.11. The number of rotatable bonds is 6. The fraction of sp³-hybridized carbons (Fsp3) is 0.476. The van der Waals surface area contributed by atoms with Crippen LogP contribution in [0.5, 0.6) is 11.5 Å². The van der Waals surface area contributed by atoms with E-state index in [2.05, 4.69) is 5.10 Å². The Morgan fingerprint density at radius 2 is 1.79 bits per heavy atom. The predicted molar refractivity (Wildman–Crippen MR) is 106 cm³/mol. The lowest BCUT2D eigenvalue weighted by atomic mass is 10.0. The normalized spacial score (nSPS) is 20.6. The number of aryl methyl sites for hydroxylation is 1. The van der Waals surface area contributed by atoms with Crippen LogP contribution in [-0.2, 0) is 11.3 Å². The summed E-state index contributed by atoms with van der Waals surface area (Å²) in [7, 11) is 3.14. The van der Waals surface area contributed by atoms with Crippen molar-refractivity contribution < 1.29 is 19.1 Å². The van der Waals surface area contributed by atoms with E-state index in [-0.39, 0.29) is 11.8 Å². The third-order valence-electron chi connectivity index (χ3n) is 5.88. The smallest absolute Gasteiger partial charge is 0.257 e. The highest BCUT2D eigenvalue weighted by Gasteiger charge is 2.43. The van der Waals surface area contributed by atoms with Gasteiger partial charge in [0.05, 0.1) is 19.8 Å². The number of fused-ring (bicyclic) bond motifs is 1. The summed E-state index contributed by atoms with van der Waals surface area (Å²) >= 11 is 0. The van der Waals surface area contributed by atoms with Gasteiger partial charge < -0.3 is 19.3 Å². The molecule has 2 fully saturated rings. The van der Waals surface area contributed by atoms with Gasteiger partial charge in [0.2, 0.25) is 5.91 Å². The summed E-state index contributed by atoms with van der Waals surface area (Å²) in [5.41, 5.74) is 0.513. The quantitative estimate of drug-likeness (QED) is 0.737. The van der Waals surface area contributed by atoms with Crippen molar-refractivity contribution in [3.8, 4) is 11.5 Å². The van der Waals surface area contributed by atoms with Crippen molar-refractivity contribution in [2.45, 2.75) is 13.0 Å². The zero-order valence-corrected chi connectivity index (χ0v) is 16.8. The topological polar surface area (TPSA) is 76.9 Å². The van der Waals surface area contributed by atoms with Gasteiger partial charge in [-0.3, -0.25) is 14.3 Å². The minimum absolute atomic E-state index is 0.0493. The molecule has 1 aromatic heterocycles. The first-order valence-corrected chi connectivity index (χ1v) is 9.85. The van der Waals surface area contributed by atoms with E-state index < -0.39 is 0 Å². The first-order chi connectivity index (χ1) is 14.1. The van der Waals surface area contributed by atoms with Crippen LogP contribution in [0, 0.1) is 11.8 Å². The molecule has 0 unspecified atom stereocenters. The molecule has 2 aliphatic rings. The van der Waals surface area contributed by atoms with Crippen LogP contribution in [-0.4, -0.2) is 71.8 Å². The minimum atomic E-state index is -0.0493. The molecule has 1 aromatic carbocycles. The van der Waals surface area contributed by atoms with E-state index in [1.807, 2.05) is 22.1 Å². The molecule has 3 heterocycles. The Balaban J connectivity index is 1.35. The first-order valence-electron chi connectivity index (χ1n) is 9.85. The second kappa shape index (κ2) is 8.14. The summed E-state index contributed by atoms with van der Waals surface area (Å²) in [5, 5.41) is 4.14. The number of carbonyl (C=O) groups is 2. The standard InChI is InChI=1S/C21H26N4O4/c1-28-17-4-5-19(29-2)18(10-17)21(27)24-13-15-11-23(12-16(15)14-24)20(26)6-9-25-8-3-7-22-25/h3-5,7-8,10,15-16H,6,9,11-14H2,1-2H3/t15-,16+. The lowest BCUT2D eigenvalue weighted by Gasteiger charge is -2.23. The van der Waals surface area contributed by atoms with Gasteiger partial charge in [-0.05, 0) is 24.3 Å². The molecule has 4 rings (SSSR count). The summed E-state index contributed by atoms with van der Waals surface area (Å²) in [6.07, 6.45) is 4.03. The molecule has 0 saturated carbocycles. The van der Waals surface area contributed by atoms with Crippen LogP contribution < -0.4 is 9.47 Å². The fourth-order valence-corrected chi connectivity index (χ4v) is 4.32. The van der Waals surface area contributed by atoms with Crippen LogP contribution in [0.2, 0.25) is 0 Å². The number of amides is 2. The van der Waals surface area contributed by atoms with Gasteiger partial charge in [0.15, 0.2) is 0 Å². The lowest BCUT2D eigenvalue weighted by molar-refractivity contribution is -0.130. The molecule has 0 bridgehead atoms. The van der Waals surface area contributed by atoms with Gasteiger partial charge in [-0.2, -0.15) is 5.10 Å². The average molecular weight is 398 g/mol. The average Bonchev–Trinajstić information content (AvgIpc) is 3.47. The summed E-state index contributed by atoms with van der Waals surface area (Å²) in [6.45, 7) is 3.33. The lowest BCUT2D eigenvalue weighted by Crippen LogP contribution is -2.36. The van der Waals surface area contributed by atoms with Gasteiger partial charge >= 0.3 is 0 Å². The van der Waals surface area contributed by atoms with Crippen molar-refractivity contribution in [1.82, 2.24) is 19.6 Å². The number of nitrogens with zero attached hydrogens (tertiary/aromatic N) is 4. The molecule has 2 aliphatic heterocycles. The Hall–Kier alpha value is -3.03. The Morgan fingerprint density at radius 3 is 2.41 bits per heavy atom. The molecule has 2 atom stereocenters. The number of ether oxygens (including phenoxy) is 2. The maximum atomic E-state index is 13.1. The van der Waals surface area contributed by atoms with Crippen molar-refractivity contribution >= 4 is 11.8 Å². The maximum Gasteiger partial charge on any atom is 0.257 e. The summed E-state index contributed by atoms with van der Waals surface area (Å²) < 4.78 is 12.4. The molecule has 8 heteroatoms. The Morgan fingerprint density at radius 1 is 1.07 bits per heavy atom. The minimum Gasteiger partial charge on any atom is -0.497 e. The van der Waals surface area contributed by atoms with E-state index in [4.69, 9.17) is 9.47 Å². The monoisotopic (exact) mass is 398 g/mol. The molecule has 2 aromatic rings. The van der Waals surface area contributed by atoms with Crippen LogP contribution in [0.4, 0.5) is 0 Å². The zero-order valence-electron chi connectivity index (χ0n) is 16.8. The van der Waals surface area contributed by atoms with Crippen LogP contribution in [0.25, 0.3) is 0 Å². The fourth-order valence-electron chi connectivity index (χ4n) is 4.32. The van der Waals surface area contributed by atoms with Crippen LogP contribution in [0.15, 0.2) is 36.7 Å². The summed E-state index contributed by atoms with van der Waals surface area (Å²) in [4.78, 5) is 29.4. The number of likely N-dealkylation sites (tertiary alicyclic amines) is 2. The largest absolute Gasteiger partial charge is 0.497 e. The third kappa shape index (κ3) is 3.92. The van der Waals surface area contributed by atoms with Crippen molar-refractivity contribution in [3.63, 3.8) is 0 Å². The van der Waals surface area contributed by atoms with Crippen molar-refractivity contribution in [3.05, 3.63) is 42.2 Å². The van der Waals surface area contributed by atoms with Crippen molar-refractivity contribution in [1.29, 1.82) is 0 Å². The van der Waals surface area contributed by atoms with Gasteiger partial charge in [-0.15, -0.1) is 0 Å². The Bertz CT molecular complexity index is 869. The van der Waals surface area contributed by atoms with Gasteiger partial charge in [0.1, 0.15) is 11.5 Å². The molecule has 2 amide bonds. The Labute approximate surface area is 170 Å². The predicted octanol–water partition coefficient (Wildman–Crippen LogP) is 1.52. The van der Waals surface area contributed by atoms with Gasteiger partial charge in [0, 0.05) is 63.4 Å². The second-order valence-corrected chi connectivity index (χ2v) is 7.61. The molecule has 2 saturated heterocycles. The van der Waals surface area contributed by atoms with Gasteiger partial charge in [-0.1, -0.05) is 0 Å². The number of methoxy groups -OCH3 is 2. The molecule has 0 aliphatic carbocycles. The molecule has 0 N–H and O–H groups in total. The van der Waals surface area contributed by atoms with Crippen LogP contribution >= 0.6 is 0 Å². The molecule has 0 spiro atoms. The highest BCUT2D eigenvalue weighted by atomic mass is 16.5. The number of hydrogen-bond acceptors (Lipinski definition) is 5. The van der Waals surface area contributed by atoms with Gasteiger partial charge in [0.25, 0.3) is 5.91 Å². The molecule has 154 valence electrons. The zero-order chi connectivity index (χ0) is 20.4. The van der Waals surface area contributed by atoms with E-state index in [0.717, 1.165) is 0 Å².